The van der Waals surface area contributed by atoms with Crippen LogP contribution in [0.1, 0.15) is 19.8 Å². The van der Waals surface area contributed by atoms with Crippen molar-refractivity contribution in [3.8, 4) is 5.75 Å². The van der Waals surface area contributed by atoms with E-state index in [2.05, 4.69) is 16.3 Å². The highest BCUT2D eigenvalue weighted by Gasteiger charge is 2.29. The van der Waals surface area contributed by atoms with Crippen molar-refractivity contribution in [2.24, 2.45) is 0 Å². The third-order valence-electron chi connectivity index (χ3n) is 4.46. The molecule has 1 aromatic carbocycles. The Kier molecular flexibility index (Phi) is 4.83. The second-order valence-corrected chi connectivity index (χ2v) is 5.86. The molecule has 3 rings (SSSR count). The van der Waals surface area contributed by atoms with E-state index < -0.39 is 0 Å². The predicted octanol–water partition coefficient (Wildman–Crippen LogP) is 1.49. The van der Waals surface area contributed by atoms with Crippen molar-refractivity contribution in [3.63, 3.8) is 0 Å². The number of amides is 1. The maximum atomic E-state index is 12.4. The molecule has 2 aliphatic heterocycles. The molecule has 1 N–H and O–H groups in total. The number of carbonyl (C=O) groups excluding carboxylic acids is 1. The Morgan fingerprint density at radius 3 is 2.73 bits per heavy atom. The first-order valence-electron chi connectivity index (χ1n) is 8.28. The van der Waals surface area contributed by atoms with Gasteiger partial charge in [0.1, 0.15) is 5.75 Å². The fourth-order valence-corrected chi connectivity index (χ4v) is 3.28. The van der Waals surface area contributed by atoms with E-state index >= 15 is 0 Å². The van der Waals surface area contributed by atoms with Crippen molar-refractivity contribution in [1.82, 2.24) is 10.2 Å². The highest BCUT2D eigenvalue weighted by Crippen LogP contribution is 2.29. The summed E-state index contributed by atoms with van der Waals surface area (Å²) in [4.78, 5) is 16.8. The molecule has 1 unspecified atom stereocenters. The molecule has 2 aliphatic rings. The summed E-state index contributed by atoms with van der Waals surface area (Å²) >= 11 is 0. The Balaban J connectivity index is 1.60. The van der Waals surface area contributed by atoms with E-state index in [0.29, 0.717) is 6.61 Å². The highest BCUT2D eigenvalue weighted by atomic mass is 16.5. The van der Waals surface area contributed by atoms with Gasteiger partial charge in [0.15, 0.2) is 0 Å². The maximum Gasteiger partial charge on any atom is 0.239 e. The van der Waals surface area contributed by atoms with Crippen LogP contribution < -0.4 is 15.0 Å². The van der Waals surface area contributed by atoms with Gasteiger partial charge in [-0.15, -0.1) is 0 Å². The molecule has 5 nitrogen and oxygen atoms in total. The molecule has 0 saturated carbocycles. The van der Waals surface area contributed by atoms with Crippen LogP contribution >= 0.6 is 0 Å². The third-order valence-corrected chi connectivity index (χ3v) is 4.46. The molecule has 2 fully saturated rings. The fourth-order valence-electron chi connectivity index (χ4n) is 3.28. The smallest absolute Gasteiger partial charge is 0.239 e. The predicted molar refractivity (Wildman–Crippen MR) is 87.4 cm³/mol. The normalized spacial score (nSPS) is 22.0. The molecule has 0 aliphatic carbocycles. The van der Waals surface area contributed by atoms with Crippen molar-refractivity contribution in [3.05, 3.63) is 24.3 Å². The van der Waals surface area contributed by atoms with Gasteiger partial charge in [-0.25, -0.2) is 0 Å². The summed E-state index contributed by atoms with van der Waals surface area (Å²) in [5, 5.41) is 3.30. The Labute approximate surface area is 132 Å². The van der Waals surface area contributed by atoms with E-state index in [-0.39, 0.29) is 11.9 Å². The van der Waals surface area contributed by atoms with E-state index in [0.717, 1.165) is 57.0 Å². The van der Waals surface area contributed by atoms with Crippen LogP contribution in [0.2, 0.25) is 0 Å². The van der Waals surface area contributed by atoms with Crippen molar-refractivity contribution >= 4 is 11.6 Å². The van der Waals surface area contributed by atoms with E-state index in [4.69, 9.17) is 4.74 Å². The number of carbonyl (C=O) groups is 1. The summed E-state index contributed by atoms with van der Waals surface area (Å²) in [6, 6.07) is 8.19. The lowest BCUT2D eigenvalue weighted by Crippen LogP contribution is -2.53. The van der Waals surface area contributed by atoms with Gasteiger partial charge in [-0.05, 0) is 38.4 Å². The number of rotatable bonds is 4. The van der Waals surface area contributed by atoms with Gasteiger partial charge in [0.25, 0.3) is 0 Å². The van der Waals surface area contributed by atoms with Gasteiger partial charge >= 0.3 is 0 Å². The Morgan fingerprint density at radius 2 is 2.05 bits per heavy atom. The van der Waals surface area contributed by atoms with Crippen molar-refractivity contribution in [2.75, 3.05) is 44.2 Å². The molecule has 0 radical (unpaired) electrons. The molecular formula is C17H25N3O2. The molecule has 1 aromatic rings. The summed E-state index contributed by atoms with van der Waals surface area (Å²) in [6.45, 7) is 6.95. The SMILES string of the molecule is CCOc1ccccc1N1CCN(C(=O)C2CCCN2)CC1. The molecule has 0 bridgehead atoms. The molecule has 1 amide bonds. The lowest BCUT2D eigenvalue weighted by molar-refractivity contribution is -0.133. The minimum Gasteiger partial charge on any atom is -0.492 e. The zero-order valence-corrected chi connectivity index (χ0v) is 13.3. The lowest BCUT2D eigenvalue weighted by Gasteiger charge is -2.37. The number of piperazine rings is 1. The van der Waals surface area contributed by atoms with Gasteiger partial charge in [-0.1, -0.05) is 12.1 Å². The Hall–Kier alpha value is -1.75. The molecule has 22 heavy (non-hydrogen) atoms. The van der Waals surface area contributed by atoms with Crippen molar-refractivity contribution in [1.29, 1.82) is 0 Å². The lowest BCUT2D eigenvalue weighted by atomic mass is 10.1. The zero-order valence-electron chi connectivity index (χ0n) is 13.3. The number of hydrogen-bond donors (Lipinski definition) is 1. The number of nitrogens with zero attached hydrogens (tertiary/aromatic N) is 2. The summed E-state index contributed by atoms with van der Waals surface area (Å²) in [5.41, 5.74) is 1.13. The summed E-state index contributed by atoms with van der Waals surface area (Å²) in [7, 11) is 0. The van der Waals surface area contributed by atoms with E-state index in [1.165, 1.54) is 0 Å². The van der Waals surface area contributed by atoms with Crippen LogP contribution in [0.25, 0.3) is 0 Å². The summed E-state index contributed by atoms with van der Waals surface area (Å²) in [5.74, 6) is 1.21. The first kappa shape index (κ1) is 15.2. The molecular weight excluding hydrogens is 278 g/mol. The molecule has 2 saturated heterocycles. The van der Waals surface area contributed by atoms with Gasteiger partial charge in [0.2, 0.25) is 5.91 Å². The van der Waals surface area contributed by atoms with E-state index in [9.17, 15) is 4.79 Å². The number of hydrogen-bond acceptors (Lipinski definition) is 4. The van der Waals surface area contributed by atoms with Crippen LogP contribution in [0.4, 0.5) is 5.69 Å². The first-order chi connectivity index (χ1) is 10.8. The monoisotopic (exact) mass is 303 g/mol. The van der Waals surface area contributed by atoms with Crippen LogP contribution in [0.15, 0.2) is 24.3 Å². The first-order valence-corrected chi connectivity index (χ1v) is 8.28. The molecule has 0 aromatic heterocycles. The average molecular weight is 303 g/mol. The zero-order chi connectivity index (χ0) is 15.4. The summed E-state index contributed by atoms with van der Waals surface area (Å²) in [6.07, 6.45) is 2.09. The number of anilines is 1. The third kappa shape index (κ3) is 3.19. The fraction of sp³-hybridized carbons (Fsp3) is 0.588. The Bertz CT molecular complexity index is 506. The van der Waals surface area contributed by atoms with E-state index in [1.807, 2.05) is 30.0 Å². The van der Waals surface area contributed by atoms with Gasteiger partial charge in [0.05, 0.1) is 18.3 Å². The van der Waals surface area contributed by atoms with Gasteiger partial charge in [-0.2, -0.15) is 0 Å². The standard InChI is InChI=1S/C17H25N3O2/c1-2-22-16-8-4-3-7-15(16)19-10-12-20(13-11-19)17(21)14-6-5-9-18-14/h3-4,7-8,14,18H,2,5-6,9-13H2,1H3. The van der Waals surface area contributed by atoms with E-state index in [1.54, 1.807) is 0 Å². The van der Waals surface area contributed by atoms with Gasteiger partial charge in [-0.3, -0.25) is 4.79 Å². The van der Waals surface area contributed by atoms with Crippen LogP contribution in [0.3, 0.4) is 0 Å². The van der Waals surface area contributed by atoms with Crippen LogP contribution in [-0.2, 0) is 4.79 Å². The molecule has 5 heteroatoms. The molecule has 120 valence electrons. The minimum absolute atomic E-state index is 0.0438. The molecule has 0 spiro atoms. The summed E-state index contributed by atoms with van der Waals surface area (Å²) < 4.78 is 5.71. The van der Waals surface area contributed by atoms with Gasteiger partial charge in [0, 0.05) is 26.2 Å². The quantitative estimate of drug-likeness (QED) is 0.915. The van der Waals surface area contributed by atoms with Gasteiger partial charge < -0.3 is 19.9 Å². The number of ether oxygens (including phenoxy) is 1. The van der Waals surface area contributed by atoms with Crippen molar-refractivity contribution in [2.45, 2.75) is 25.8 Å². The second kappa shape index (κ2) is 7.01. The Morgan fingerprint density at radius 1 is 1.27 bits per heavy atom. The molecule has 1 atom stereocenters. The number of benzene rings is 1. The largest absolute Gasteiger partial charge is 0.492 e. The molecule has 2 heterocycles. The van der Waals surface area contributed by atoms with Crippen molar-refractivity contribution < 1.29 is 9.53 Å². The number of para-hydroxylation sites is 2. The second-order valence-electron chi connectivity index (χ2n) is 5.86. The minimum atomic E-state index is 0.0438. The maximum absolute atomic E-state index is 12.4. The topological polar surface area (TPSA) is 44.8 Å². The van der Waals surface area contributed by atoms with Crippen LogP contribution in [0.5, 0.6) is 5.75 Å². The average Bonchev–Trinajstić information content (AvgIpc) is 3.10. The van der Waals surface area contributed by atoms with Crippen LogP contribution in [-0.4, -0.2) is 56.2 Å². The highest BCUT2D eigenvalue weighted by molar-refractivity contribution is 5.82. The van der Waals surface area contributed by atoms with Crippen LogP contribution in [0, 0.1) is 0 Å². The number of nitrogens with one attached hydrogen (secondary N) is 1.